The number of carboxylic acid groups (broad SMARTS) is 1. The van der Waals surface area contributed by atoms with E-state index in [4.69, 9.17) is 0 Å². The quantitative estimate of drug-likeness (QED) is 0.871. The third-order valence-corrected chi connectivity index (χ3v) is 5.15. The van der Waals surface area contributed by atoms with Gasteiger partial charge in [-0.1, -0.05) is 0 Å². The first-order valence-corrected chi connectivity index (χ1v) is 8.86. The van der Waals surface area contributed by atoms with Gasteiger partial charge in [-0.25, -0.2) is 9.78 Å². The third-order valence-electron chi connectivity index (χ3n) is 5.15. The summed E-state index contributed by atoms with van der Waals surface area (Å²) in [4.78, 5) is 32.1. The van der Waals surface area contributed by atoms with Crippen LogP contribution in [0.2, 0.25) is 0 Å². The smallest absolute Gasteiger partial charge is 0.317 e. The first kappa shape index (κ1) is 17.5. The minimum atomic E-state index is -0.845. The first-order valence-electron chi connectivity index (χ1n) is 8.86. The summed E-state index contributed by atoms with van der Waals surface area (Å²) >= 11 is 0. The number of aryl methyl sites for hydroxylation is 1. The molecular weight excluding hydrogens is 320 g/mol. The van der Waals surface area contributed by atoms with Gasteiger partial charge in [-0.05, 0) is 50.8 Å². The number of aromatic nitrogens is 1. The molecule has 136 valence electrons. The van der Waals surface area contributed by atoms with E-state index >= 15 is 0 Å². The van der Waals surface area contributed by atoms with Crippen LogP contribution in [0.4, 0.5) is 10.6 Å². The van der Waals surface area contributed by atoms with Crippen LogP contribution >= 0.6 is 0 Å². The van der Waals surface area contributed by atoms with Crippen LogP contribution in [0.25, 0.3) is 0 Å². The van der Waals surface area contributed by atoms with Gasteiger partial charge in [-0.15, -0.1) is 0 Å². The van der Waals surface area contributed by atoms with Crippen LogP contribution in [-0.2, 0) is 11.3 Å². The molecule has 2 saturated heterocycles. The predicted octanol–water partition coefficient (Wildman–Crippen LogP) is 2.00. The Morgan fingerprint density at radius 2 is 2.00 bits per heavy atom. The minimum Gasteiger partial charge on any atom is -0.481 e. The van der Waals surface area contributed by atoms with Gasteiger partial charge in [-0.3, -0.25) is 4.79 Å². The number of carbonyl (C=O) groups is 2. The van der Waals surface area contributed by atoms with Crippen molar-refractivity contribution in [1.29, 1.82) is 0 Å². The lowest BCUT2D eigenvalue weighted by Crippen LogP contribution is -2.40. The SMILES string of the molecule is Cc1cc(CNC(=O)N2CCC(C)(C(=O)O)C2)cc(N2CCCC2)n1. The highest BCUT2D eigenvalue weighted by atomic mass is 16.4. The van der Waals surface area contributed by atoms with Crippen LogP contribution < -0.4 is 10.2 Å². The fraction of sp³-hybridized carbons (Fsp3) is 0.611. The molecule has 1 atom stereocenters. The second kappa shape index (κ2) is 6.90. The second-order valence-corrected chi connectivity index (χ2v) is 7.37. The van der Waals surface area contributed by atoms with Crippen molar-refractivity contribution in [1.82, 2.24) is 15.2 Å². The molecule has 2 fully saturated rings. The van der Waals surface area contributed by atoms with E-state index in [-0.39, 0.29) is 12.6 Å². The highest BCUT2D eigenvalue weighted by molar-refractivity contribution is 5.79. The Morgan fingerprint density at radius 1 is 1.28 bits per heavy atom. The number of aliphatic carboxylic acids is 1. The van der Waals surface area contributed by atoms with Gasteiger partial charge in [0.15, 0.2) is 0 Å². The Labute approximate surface area is 148 Å². The van der Waals surface area contributed by atoms with Crippen LogP contribution in [-0.4, -0.2) is 53.2 Å². The van der Waals surface area contributed by atoms with E-state index in [1.54, 1.807) is 11.8 Å². The molecule has 0 aromatic carbocycles. The summed E-state index contributed by atoms with van der Waals surface area (Å²) in [5.74, 6) is 0.129. The lowest BCUT2D eigenvalue weighted by Gasteiger charge is -2.21. The van der Waals surface area contributed by atoms with Gasteiger partial charge in [-0.2, -0.15) is 0 Å². The number of amides is 2. The summed E-state index contributed by atoms with van der Waals surface area (Å²) in [6.45, 7) is 6.86. The van der Waals surface area contributed by atoms with Crippen molar-refractivity contribution >= 4 is 17.8 Å². The van der Waals surface area contributed by atoms with Gasteiger partial charge >= 0.3 is 12.0 Å². The number of pyridine rings is 1. The Hall–Kier alpha value is -2.31. The molecule has 2 aliphatic rings. The normalized spacial score (nSPS) is 23.1. The topological polar surface area (TPSA) is 85.8 Å². The number of nitrogens with one attached hydrogen (secondary N) is 1. The number of hydrogen-bond donors (Lipinski definition) is 2. The van der Waals surface area contributed by atoms with Gasteiger partial charge in [0.2, 0.25) is 0 Å². The van der Waals surface area contributed by atoms with Gasteiger partial charge in [0.05, 0.1) is 5.41 Å². The number of urea groups is 1. The molecule has 0 aliphatic carbocycles. The highest BCUT2D eigenvalue weighted by Gasteiger charge is 2.42. The van der Waals surface area contributed by atoms with Crippen molar-refractivity contribution in [2.45, 2.75) is 39.7 Å². The monoisotopic (exact) mass is 346 g/mol. The number of anilines is 1. The molecule has 7 nitrogen and oxygen atoms in total. The number of rotatable bonds is 4. The Bertz CT molecular complexity index is 672. The zero-order valence-electron chi connectivity index (χ0n) is 14.9. The molecule has 2 N–H and O–H groups in total. The van der Waals surface area contributed by atoms with E-state index in [1.807, 2.05) is 19.1 Å². The van der Waals surface area contributed by atoms with E-state index in [0.717, 1.165) is 30.2 Å². The molecule has 3 rings (SSSR count). The van der Waals surface area contributed by atoms with Crippen molar-refractivity contribution < 1.29 is 14.7 Å². The van der Waals surface area contributed by atoms with Crippen LogP contribution in [0.15, 0.2) is 12.1 Å². The Kier molecular flexibility index (Phi) is 4.83. The summed E-state index contributed by atoms with van der Waals surface area (Å²) in [5, 5.41) is 12.2. The van der Waals surface area contributed by atoms with E-state index in [1.165, 1.54) is 12.8 Å². The molecule has 2 aliphatic heterocycles. The van der Waals surface area contributed by atoms with Crippen LogP contribution in [0.3, 0.4) is 0 Å². The molecule has 0 saturated carbocycles. The number of hydrogen-bond acceptors (Lipinski definition) is 4. The first-order chi connectivity index (χ1) is 11.9. The molecule has 25 heavy (non-hydrogen) atoms. The van der Waals surface area contributed by atoms with Gasteiger partial charge in [0.25, 0.3) is 0 Å². The van der Waals surface area contributed by atoms with Gasteiger partial charge in [0.1, 0.15) is 5.82 Å². The summed E-state index contributed by atoms with van der Waals surface area (Å²) in [6.07, 6.45) is 2.88. The predicted molar refractivity (Wildman–Crippen MR) is 94.6 cm³/mol. The molecular formula is C18H26N4O3. The molecule has 3 heterocycles. The fourth-order valence-electron chi connectivity index (χ4n) is 3.53. The Morgan fingerprint density at radius 3 is 2.64 bits per heavy atom. The van der Waals surface area contributed by atoms with E-state index in [0.29, 0.717) is 19.5 Å². The average molecular weight is 346 g/mol. The molecule has 1 aromatic heterocycles. The summed E-state index contributed by atoms with van der Waals surface area (Å²) in [6, 6.07) is 3.80. The largest absolute Gasteiger partial charge is 0.481 e. The maximum absolute atomic E-state index is 12.4. The lowest BCUT2D eigenvalue weighted by atomic mass is 9.90. The average Bonchev–Trinajstić information content (AvgIpc) is 3.22. The molecule has 2 amide bonds. The van der Waals surface area contributed by atoms with Crippen molar-refractivity contribution in [2.24, 2.45) is 5.41 Å². The number of nitrogens with zero attached hydrogens (tertiary/aromatic N) is 3. The number of likely N-dealkylation sites (tertiary alicyclic amines) is 1. The van der Waals surface area contributed by atoms with E-state index in [9.17, 15) is 14.7 Å². The molecule has 0 spiro atoms. The van der Waals surface area contributed by atoms with Crippen molar-refractivity contribution in [3.8, 4) is 0 Å². The summed E-state index contributed by atoms with van der Waals surface area (Å²) < 4.78 is 0. The van der Waals surface area contributed by atoms with Crippen LogP contribution in [0.1, 0.15) is 37.4 Å². The fourth-order valence-corrected chi connectivity index (χ4v) is 3.53. The van der Waals surface area contributed by atoms with E-state index in [2.05, 4.69) is 15.2 Å². The molecule has 7 heteroatoms. The zero-order valence-corrected chi connectivity index (χ0v) is 14.9. The van der Waals surface area contributed by atoms with Crippen LogP contribution in [0.5, 0.6) is 0 Å². The lowest BCUT2D eigenvalue weighted by molar-refractivity contribution is -0.147. The third kappa shape index (κ3) is 3.86. The van der Waals surface area contributed by atoms with Crippen molar-refractivity contribution in [3.05, 3.63) is 23.4 Å². The molecule has 1 unspecified atom stereocenters. The number of carbonyl (C=O) groups excluding carboxylic acids is 1. The summed E-state index contributed by atoms with van der Waals surface area (Å²) in [5.41, 5.74) is 1.12. The Balaban J connectivity index is 1.60. The van der Waals surface area contributed by atoms with Crippen molar-refractivity contribution in [3.63, 3.8) is 0 Å². The molecule has 0 bridgehead atoms. The van der Waals surface area contributed by atoms with E-state index < -0.39 is 11.4 Å². The van der Waals surface area contributed by atoms with Gasteiger partial charge in [0, 0.05) is 38.4 Å². The summed E-state index contributed by atoms with van der Waals surface area (Å²) in [7, 11) is 0. The van der Waals surface area contributed by atoms with Crippen molar-refractivity contribution in [2.75, 3.05) is 31.1 Å². The standard InChI is InChI=1S/C18H26N4O3/c1-13-9-14(10-15(20-13)21-6-3-4-7-21)11-19-17(25)22-8-5-18(2,12-22)16(23)24/h9-10H,3-8,11-12H2,1-2H3,(H,19,25)(H,23,24). The maximum atomic E-state index is 12.4. The van der Waals surface area contributed by atoms with Gasteiger partial charge < -0.3 is 20.2 Å². The maximum Gasteiger partial charge on any atom is 0.317 e. The zero-order chi connectivity index (χ0) is 18.0. The molecule has 0 radical (unpaired) electrons. The van der Waals surface area contributed by atoms with Crippen LogP contribution in [0, 0.1) is 12.3 Å². The number of carboxylic acids is 1. The highest BCUT2D eigenvalue weighted by Crippen LogP contribution is 2.30. The second-order valence-electron chi connectivity index (χ2n) is 7.37. The minimum absolute atomic E-state index is 0.206. The molecule has 1 aromatic rings.